The molecule has 18 heavy (non-hydrogen) atoms. The lowest BCUT2D eigenvalue weighted by atomic mass is 10.0. The van der Waals surface area contributed by atoms with Gasteiger partial charge in [-0.3, -0.25) is 4.68 Å². The van der Waals surface area contributed by atoms with Gasteiger partial charge in [-0.2, -0.15) is 5.10 Å². The molecule has 0 radical (unpaired) electrons. The molecule has 2 unspecified atom stereocenters. The van der Waals surface area contributed by atoms with Crippen LogP contribution in [-0.2, 0) is 11.8 Å². The SMILES string of the molecule is CNC1COCC1c1nc(-c2cccs2)nn1C. The maximum atomic E-state index is 5.53. The van der Waals surface area contributed by atoms with Crippen molar-refractivity contribution in [1.29, 1.82) is 0 Å². The lowest BCUT2D eigenvalue weighted by Crippen LogP contribution is -2.32. The molecule has 0 aliphatic carbocycles. The van der Waals surface area contributed by atoms with E-state index in [0.717, 1.165) is 23.1 Å². The number of ether oxygens (including phenoxy) is 1. The topological polar surface area (TPSA) is 52.0 Å². The molecule has 0 bridgehead atoms. The first-order chi connectivity index (χ1) is 8.79. The molecule has 1 N–H and O–H groups in total. The first-order valence-electron chi connectivity index (χ1n) is 5.99. The molecule has 0 saturated carbocycles. The van der Waals surface area contributed by atoms with Crippen molar-refractivity contribution >= 4 is 11.3 Å². The minimum Gasteiger partial charge on any atom is -0.379 e. The van der Waals surface area contributed by atoms with Crippen LogP contribution in [0.1, 0.15) is 11.7 Å². The molecule has 0 amide bonds. The number of nitrogens with one attached hydrogen (secondary N) is 1. The van der Waals surface area contributed by atoms with Gasteiger partial charge in [0, 0.05) is 13.1 Å². The molecule has 6 heteroatoms. The van der Waals surface area contributed by atoms with Crippen LogP contribution < -0.4 is 5.32 Å². The van der Waals surface area contributed by atoms with Crippen LogP contribution in [0.3, 0.4) is 0 Å². The molecule has 3 heterocycles. The fourth-order valence-electron chi connectivity index (χ4n) is 2.32. The highest BCUT2D eigenvalue weighted by Crippen LogP contribution is 2.27. The average Bonchev–Trinajstić information content (AvgIpc) is 3.08. The fourth-order valence-corrected chi connectivity index (χ4v) is 2.98. The molecule has 5 nitrogen and oxygen atoms in total. The summed E-state index contributed by atoms with van der Waals surface area (Å²) in [4.78, 5) is 5.78. The summed E-state index contributed by atoms with van der Waals surface area (Å²) < 4.78 is 7.40. The Labute approximate surface area is 110 Å². The molecule has 2 atom stereocenters. The van der Waals surface area contributed by atoms with Crippen molar-refractivity contribution in [3.63, 3.8) is 0 Å². The Hall–Kier alpha value is -1.24. The molecule has 3 rings (SSSR count). The van der Waals surface area contributed by atoms with Gasteiger partial charge in [0.05, 0.1) is 24.0 Å². The Bertz CT molecular complexity index is 522. The van der Waals surface area contributed by atoms with Gasteiger partial charge in [0.2, 0.25) is 0 Å². The molecule has 1 aliphatic heterocycles. The normalized spacial score (nSPS) is 23.7. The summed E-state index contributed by atoms with van der Waals surface area (Å²) in [7, 11) is 3.91. The number of likely N-dealkylation sites (N-methyl/N-ethyl adjacent to an activating group) is 1. The van der Waals surface area contributed by atoms with Crippen LogP contribution in [0, 0.1) is 0 Å². The summed E-state index contributed by atoms with van der Waals surface area (Å²) in [5.41, 5.74) is 0. The molecule has 1 saturated heterocycles. The zero-order valence-corrected chi connectivity index (χ0v) is 11.3. The van der Waals surface area contributed by atoms with Crippen LogP contribution in [0.25, 0.3) is 10.7 Å². The molecule has 1 fully saturated rings. The maximum absolute atomic E-state index is 5.53. The van der Waals surface area contributed by atoms with Gasteiger partial charge in [0.25, 0.3) is 0 Å². The Balaban J connectivity index is 1.93. The van der Waals surface area contributed by atoms with Gasteiger partial charge in [-0.15, -0.1) is 11.3 Å². The number of thiophene rings is 1. The van der Waals surface area contributed by atoms with E-state index in [0.29, 0.717) is 12.6 Å². The van der Waals surface area contributed by atoms with Crippen LogP contribution >= 0.6 is 11.3 Å². The van der Waals surface area contributed by atoms with Gasteiger partial charge in [0.15, 0.2) is 5.82 Å². The van der Waals surface area contributed by atoms with Crippen LogP contribution in [0.15, 0.2) is 17.5 Å². The highest BCUT2D eigenvalue weighted by Gasteiger charge is 2.32. The average molecular weight is 264 g/mol. The zero-order chi connectivity index (χ0) is 12.5. The number of nitrogens with zero attached hydrogens (tertiary/aromatic N) is 3. The van der Waals surface area contributed by atoms with Crippen molar-refractivity contribution in [2.45, 2.75) is 12.0 Å². The van der Waals surface area contributed by atoms with E-state index in [1.807, 2.05) is 36.3 Å². The van der Waals surface area contributed by atoms with Crippen molar-refractivity contribution in [3.05, 3.63) is 23.3 Å². The summed E-state index contributed by atoms with van der Waals surface area (Å²) in [6.07, 6.45) is 0. The minimum atomic E-state index is 0.279. The van der Waals surface area contributed by atoms with Gasteiger partial charge in [0.1, 0.15) is 5.82 Å². The minimum absolute atomic E-state index is 0.279. The van der Waals surface area contributed by atoms with E-state index in [1.54, 1.807) is 11.3 Å². The van der Waals surface area contributed by atoms with Crippen molar-refractivity contribution < 1.29 is 4.74 Å². The van der Waals surface area contributed by atoms with Gasteiger partial charge in [-0.1, -0.05) is 6.07 Å². The first-order valence-corrected chi connectivity index (χ1v) is 6.87. The summed E-state index contributed by atoms with van der Waals surface area (Å²) >= 11 is 1.66. The van der Waals surface area contributed by atoms with Crippen molar-refractivity contribution in [3.8, 4) is 10.7 Å². The molecular formula is C12H16N4OS. The second-order valence-corrected chi connectivity index (χ2v) is 5.38. The van der Waals surface area contributed by atoms with Crippen molar-refractivity contribution in [1.82, 2.24) is 20.1 Å². The monoisotopic (exact) mass is 264 g/mol. The smallest absolute Gasteiger partial charge is 0.191 e. The zero-order valence-electron chi connectivity index (χ0n) is 10.5. The highest BCUT2D eigenvalue weighted by atomic mass is 32.1. The lowest BCUT2D eigenvalue weighted by molar-refractivity contribution is 0.187. The third kappa shape index (κ3) is 1.96. The van der Waals surface area contributed by atoms with E-state index in [2.05, 4.69) is 15.4 Å². The number of rotatable bonds is 3. The molecule has 2 aromatic heterocycles. The standard InChI is InChI=1S/C12H16N4OS/c1-13-9-7-17-6-8(9)12-14-11(15-16(12)2)10-4-3-5-18-10/h3-5,8-9,13H,6-7H2,1-2H3. The first kappa shape index (κ1) is 11.8. The van der Waals surface area contributed by atoms with E-state index in [-0.39, 0.29) is 5.92 Å². The fraction of sp³-hybridized carbons (Fsp3) is 0.500. The quantitative estimate of drug-likeness (QED) is 0.906. The van der Waals surface area contributed by atoms with Crippen LogP contribution in [-0.4, -0.2) is 41.1 Å². The predicted octanol–water partition coefficient (Wildman–Crippen LogP) is 1.25. The van der Waals surface area contributed by atoms with E-state index >= 15 is 0 Å². The number of hydrogen-bond donors (Lipinski definition) is 1. The molecule has 0 aromatic carbocycles. The molecule has 0 spiro atoms. The summed E-state index contributed by atoms with van der Waals surface area (Å²) in [5.74, 6) is 2.08. The number of aromatic nitrogens is 3. The van der Waals surface area contributed by atoms with Crippen LogP contribution in [0.4, 0.5) is 0 Å². The Morgan fingerprint density at radius 3 is 3.11 bits per heavy atom. The summed E-state index contributed by atoms with van der Waals surface area (Å²) in [6, 6.07) is 4.39. The van der Waals surface area contributed by atoms with E-state index in [1.165, 1.54) is 0 Å². The van der Waals surface area contributed by atoms with Crippen molar-refractivity contribution in [2.75, 3.05) is 20.3 Å². The third-order valence-electron chi connectivity index (χ3n) is 3.32. The lowest BCUT2D eigenvalue weighted by Gasteiger charge is -2.15. The number of aryl methyl sites for hydroxylation is 1. The van der Waals surface area contributed by atoms with E-state index in [9.17, 15) is 0 Å². The predicted molar refractivity (Wildman–Crippen MR) is 70.7 cm³/mol. The Morgan fingerprint density at radius 1 is 1.50 bits per heavy atom. The molecule has 96 valence electrons. The van der Waals surface area contributed by atoms with Gasteiger partial charge in [-0.05, 0) is 18.5 Å². The summed E-state index contributed by atoms with van der Waals surface area (Å²) in [6.45, 7) is 1.45. The van der Waals surface area contributed by atoms with Crippen molar-refractivity contribution in [2.24, 2.45) is 7.05 Å². The van der Waals surface area contributed by atoms with Crippen LogP contribution in [0.5, 0.6) is 0 Å². The van der Waals surface area contributed by atoms with Crippen LogP contribution in [0.2, 0.25) is 0 Å². The molecule has 1 aliphatic rings. The Kier molecular flexibility index (Phi) is 3.15. The third-order valence-corrected chi connectivity index (χ3v) is 4.19. The van der Waals surface area contributed by atoms with Gasteiger partial charge < -0.3 is 10.1 Å². The molecule has 2 aromatic rings. The number of hydrogen-bond acceptors (Lipinski definition) is 5. The Morgan fingerprint density at radius 2 is 2.39 bits per heavy atom. The second-order valence-electron chi connectivity index (χ2n) is 4.43. The second kappa shape index (κ2) is 4.79. The van der Waals surface area contributed by atoms with E-state index in [4.69, 9.17) is 4.74 Å². The largest absolute Gasteiger partial charge is 0.379 e. The molecular weight excluding hydrogens is 248 g/mol. The highest BCUT2D eigenvalue weighted by molar-refractivity contribution is 7.13. The van der Waals surface area contributed by atoms with E-state index < -0.39 is 0 Å². The van der Waals surface area contributed by atoms with Gasteiger partial charge >= 0.3 is 0 Å². The van der Waals surface area contributed by atoms with Gasteiger partial charge in [-0.25, -0.2) is 4.98 Å². The maximum Gasteiger partial charge on any atom is 0.191 e. The summed E-state index contributed by atoms with van der Waals surface area (Å²) in [5, 5.41) is 9.82.